The van der Waals surface area contributed by atoms with Crippen LogP contribution < -0.4 is 9.47 Å². The number of carbonyl (C=O) groups is 1. The summed E-state index contributed by atoms with van der Waals surface area (Å²) in [5, 5.41) is 0. The summed E-state index contributed by atoms with van der Waals surface area (Å²) in [6.45, 7) is 0.324. The Morgan fingerprint density at radius 3 is 2.46 bits per heavy atom. The molecule has 0 aromatic heterocycles. The number of hydrogen-bond acceptors (Lipinski definition) is 3. The lowest BCUT2D eigenvalue weighted by atomic mass is 10.1. The van der Waals surface area contributed by atoms with Gasteiger partial charge >= 0.3 is 12.1 Å². The van der Waals surface area contributed by atoms with Gasteiger partial charge in [0.1, 0.15) is 11.5 Å². The largest absolute Gasteiger partial charge is 0.493 e. The number of halogens is 3. The number of alkyl halides is 3. The Labute approximate surface area is 136 Å². The SMILES string of the molecule is O=C(Oc1ccc(C(F)(F)F)cc1)C1=Cc2ccccc2OCC1. The Hall–Kier alpha value is -2.76. The van der Waals surface area contributed by atoms with E-state index in [1.165, 1.54) is 0 Å². The Balaban J connectivity index is 1.76. The molecule has 124 valence electrons. The van der Waals surface area contributed by atoms with E-state index in [1.807, 2.05) is 18.2 Å². The molecule has 0 fully saturated rings. The first-order valence-corrected chi connectivity index (χ1v) is 7.25. The summed E-state index contributed by atoms with van der Waals surface area (Å²) in [5.41, 5.74) is 0.368. The molecule has 3 rings (SSSR count). The normalized spacial score (nSPS) is 14.0. The van der Waals surface area contributed by atoms with Gasteiger partial charge in [-0.3, -0.25) is 0 Å². The number of ether oxygens (including phenoxy) is 2. The Bertz CT molecular complexity index is 777. The van der Waals surface area contributed by atoms with Crippen molar-refractivity contribution in [1.82, 2.24) is 0 Å². The fourth-order valence-corrected chi connectivity index (χ4v) is 2.31. The summed E-state index contributed by atoms with van der Waals surface area (Å²) in [6.07, 6.45) is -2.39. The van der Waals surface area contributed by atoms with Gasteiger partial charge in [0.15, 0.2) is 0 Å². The van der Waals surface area contributed by atoms with E-state index >= 15 is 0 Å². The zero-order valence-corrected chi connectivity index (χ0v) is 12.5. The van der Waals surface area contributed by atoms with E-state index in [0.717, 1.165) is 29.8 Å². The van der Waals surface area contributed by atoms with E-state index in [4.69, 9.17) is 9.47 Å². The van der Waals surface area contributed by atoms with Crippen LogP contribution in [0.3, 0.4) is 0 Å². The Kier molecular flexibility index (Phi) is 4.29. The monoisotopic (exact) mass is 334 g/mol. The quantitative estimate of drug-likeness (QED) is 0.600. The highest BCUT2D eigenvalue weighted by molar-refractivity contribution is 5.95. The fraction of sp³-hybridized carbons (Fsp3) is 0.167. The lowest BCUT2D eigenvalue weighted by Crippen LogP contribution is -2.13. The molecule has 0 atom stereocenters. The van der Waals surface area contributed by atoms with E-state index in [2.05, 4.69) is 0 Å². The number of benzene rings is 2. The predicted octanol–water partition coefficient (Wildman–Crippen LogP) is 4.48. The van der Waals surface area contributed by atoms with Crippen molar-refractivity contribution in [3.05, 3.63) is 65.2 Å². The van der Waals surface area contributed by atoms with E-state index < -0.39 is 17.7 Å². The molecule has 0 amide bonds. The molecule has 6 heteroatoms. The molecule has 0 saturated heterocycles. The zero-order chi connectivity index (χ0) is 17.2. The first-order valence-electron chi connectivity index (χ1n) is 7.25. The molecule has 2 aromatic carbocycles. The van der Waals surface area contributed by atoms with Crippen LogP contribution in [-0.4, -0.2) is 12.6 Å². The van der Waals surface area contributed by atoms with Gasteiger partial charge in [-0.1, -0.05) is 18.2 Å². The molecule has 24 heavy (non-hydrogen) atoms. The van der Waals surface area contributed by atoms with E-state index in [9.17, 15) is 18.0 Å². The molecular weight excluding hydrogens is 321 g/mol. The molecule has 0 unspecified atom stereocenters. The summed E-state index contributed by atoms with van der Waals surface area (Å²) >= 11 is 0. The number of fused-ring (bicyclic) bond motifs is 1. The van der Waals surface area contributed by atoms with Crippen molar-refractivity contribution in [2.45, 2.75) is 12.6 Å². The van der Waals surface area contributed by atoms with Crippen LogP contribution in [0.15, 0.2) is 54.1 Å². The van der Waals surface area contributed by atoms with Crippen molar-refractivity contribution in [2.24, 2.45) is 0 Å². The van der Waals surface area contributed by atoms with Crippen LogP contribution in [0.25, 0.3) is 6.08 Å². The van der Waals surface area contributed by atoms with Crippen LogP contribution in [0.5, 0.6) is 11.5 Å². The van der Waals surface area contributed by atoms with Gasteiger partial charge in [-0.15, -0.1) is 0 Å². The van der Waals surface area contributed by atoms with Crippen LogP contribution >= 0.6 is 0 Å². The molecule has 0 spiro atoms. The number of esters is 1. The average molecular weight is 334 g/mol. The van der Waals surface area contributed by atoms with Gasteiger partial charge in [0.2, 0.25) is 0 Å². The van der Waals surface area contributed by atoms with Crippen molar-refractivity contribution in [1.29, 1.82) is 0 Å². The minimum atomic E-state index is -4.42. The Morgan fingerprint density at radius 1 is 1.04 bits per heavy atom. The number of hydrogen-bond donors (Lipinski definition) is 0. The smallest absolute Gasteiger partial charge is 0.416 e. The fourth-order valence-electron chi connectivity index (χ4n) is 2.31. The lowest BCUT2D eigenvalue weighted by molar-refractivity contribution is -0.137. The zero-order valence-electron chi connectivity index (χ0n) is 12.5. The molecule has 1 heterocycles. The van der Waals surface area contributed by atoms with Gasteiger partial charge in [-0.2, -0.15) is 13.2 Å². The highest BCUT2D eigenvalue weighted by atomic mass is 19.4. The molecule has 0 N–H and O–H groups in total. The van der Waals surface area contributed by atoms with Crippen molar-refractivity contribution >= 4 is 12.0 Å². The van der Waals surface area contributed by atoms with Gasteiger partial charge in [0, 0.05) is 17.6 Å². The van der Waals surface area contributed by atoms with Crippen LogP contribution in [0.1, 0.15) is 17.5 Å². The molecule has 3 nitrogen and oxygen atoms in total. The van der Waals surface area contributed by atoms with E-state index in [1.54, 1.807) is 12.1 Å². The Morgan fingerprint density at radius 2 is 1.75 bits per heavy atom. The van der Waals surface area contributed by atoms with Crippen molar-refractivity contribution in [3.63, 3.8) is 0 Å². The second-order valence-corrected chi connectivity index (χ2v) is 5.22. The third kappa shape index (κ3) is 3.59. The highest BCUT2D eigenvalue weighted by Gasteiger charge is 2.30. The summed E-state index contributed by atoms with van der Waals surface area (Å²) in [6, 6.07) is 11.3. The molecule has 1 aliphatic heterocycles. The van der Waals surface area contributed by atoms with E-state index in [-0.39, 0.29) is 5.75 Å². The molecule has 2 aromatic rings. The lowest BCUT2D eigenvalue weighted by Gasteiger charge is -2.09. The molecule has 0 bridgehead atoms. The summed E-state index contributed by atoms with van der Waals surface area (Å²) in [7, 11) is 0. The van der Waals surface area contributed by atoms with Crippen LogP contribution in [0.4, 0.5) is 13.2 Å². The minimum absolute atomic E-state index is 0.0624. The molecule has 0 aliphatic carbocycles. The topological polar surface area (TPSA) is 35.5 Å². The van der Waals surface area contributed by atoms with Gasteiger partial charge in [0.05, 0.1) is 12.2 Å². The third-order valence-electron chi connectivity index (χ3n) is 3.53. The maximum atomic E-state index is 12.5. The maximum absolute atomic E-state index is 12.5. The van der Waals surface area contributed by atoms with Crippen LogP contribution in [0, 0.1) is 0 Å². The standard InChI is InChI=1S/C18H13F3O3/c19-18(20,21)14-5-7-15(8-6-14)24-17(22)13-9-10-23-16-4-2-1-3-12(16)11-13/h1-8,11H,9-10H2. The van der Waals surface area contributed by atoms with Crippen LogP contribution in [-0.2, 0) is 11.0 Å². The van der Waals surface area contributed by atoms with Gasteiger partial charge < -0.3 is 9.47 Å². The van der Waals surface area contributed by atoms with Gasteiger partial charge in [-0.05, 0) is 36.4 Å². The van der Waals surface area contributed by atoms with Gasteiger partial charge in [-0.25, -0.2) is 4.79 Å². The minimum Gasteiger partial charge on any atom is -0.493 e. The average Bonchev–Trinajstić information content (AvgIpc) is 2.77. The third-order valence-corrected chi connectivity index (χ3v) is 3.53. The summed E-state index contributed by atoms with van der Waals surface area (Å²) in [5.74, 6) is 0.136. The molecular formula is C18H13F3O3. The second-order valence-electron chi connectivity index (χ2n) is 5.22. The second kappa shape index (κ2) is 6.39. The maximum Gasteiger partial charge on any atom is 0.416 e. The number of rotatable bonds is 2. The molecule has 1 aliphatic rings. The van der Waals surface area contributed by atoms with Crippen molar-refractivity contribution < 1.29 is 27.4 Å². The predicted molar refractivity (Wildman–Crippen MR) is 81.6 cm³/mol. The first kappa shape index (κ1) is 16.1. The van der Waals surface area contributed by atoms with Gasteiger partial charge in [0.25, 0.3) is 0 Å². The summed E-state index contributed by atoms with van der Waals surface area (Å²) < 4.78 is 48.3. The first-order chi connectivity index (χ1) is 11.4. The molecule has 0 radical (unpaired) electrons. The van der Waals surface area contributed by atoms with Crippen molar-refractivity contribution in [2.75, 3.05) is 6.61 Å². The number of carbonyl (C=O) groups excluding carboxylic acids is 1. The highest BCUT2D eigenvalue weighted by Crippen LogP contribution is 2.31. The number of para-hydroxylation sites is 1. The van der Waals surface area contributed by atoms with Crippen molar-refractivity contribution in [3.8, 4) is 11.5 Å². The van der Waals surface area contributed by atoms with Crippen LogP contribution in [0.2, 0.25) is 0 Å². The molecule has 0 saturated carbocycles. The summed E-state index contributed by atoms with van der Waals surface area (Å²) in [4.78, 5) is 12.2. The van der Waals surface area contributed by atoms with E-state index in [0.29, 0.717) is 24.4 Å².